The molecule has 60 heavy (non-hydrogen) atoms. The van der Waals surface area contributed by atoms with Gasteiger partial charge in [-0.3, -0.25) is 9.55 Å². The summed E-state index contributed by atoms with van der Waals surface area (Å²) in [4.78, 5) is 10.4. The molecule has 0 aliphatic heterocycles. The van der Waals surface area contributed by atoms with Crippen molar-refractivity contribution in [3.63, 3.8) is 0 Å². The predicted molar refractivity (Wildman–Crippen MR) is 248 cm³/mol. The smallest absolute Gasteiger partial charge is 0.148 e. The summed E-state index contributed by atoms with van der Waals surface area (Å²) < 4.78 is 2.24. The molecule has 2 heterocycles. The average molecular weight is 970 g/mol. The molecule has 0 saturated carbocycles. The Hall–Kier alpha value is -5.31. The van der Waals surface area contributed by atoms with Crippen molar-refractivity contribution in [2.75, 3.05) is 0 Å². The Morgan fingerprint density at radius 3 is 1.72 bits per heavy atom. The van der Waals surface area contributed by atoms with Crippen LogP contribution in [0, 0.1) is 6.07 Å². The molecule has 0 saturated heterocycles. The molecule has 0 aliphatic carbocycles. The molecule has 308 valence electrons. The maximum atomic E-state index is 11.7. The van der Waals surface area contributed by atoms with Crippen molar-refractivity contribution in [1.29, 1.82) is 0 Å². The van der Waals surface area contributed by atoms with E-state index < -0.39 is 0 Å². The van der Waals surface area contributed by atoms with E-state index in [0.29, 0.717) is 11.4 Å². The standard InChI is InChI=1S/C55H56N3O.Pt/c1-52(2,3)38-22-25-43(26-23-38)58-47-34-42(55(10,11)39-20-13-12-14-21-39)33-45(50(47)57-51(58)46-31-40(53(4,5)6)24-27-48(46)59)36-18-15-17-35(29-36)44-32-41(54(7,8)9)30-37-19-16-28-56-49(37)44;/h12-28,30-34,59H,1-11H3;/q-1;. The zero-order chi connectivity index (χ0) is 42.1. The molecule has 2 aromatic heterocycles. The Morgan fingerprint density at radius 1 is 0.500 bits per heavy atom. The van der Waals surface area contributed by atoms with E-state index in [1.807, 2.05) is 24.4 Å². The van der Waals surface area contributed by atoms with Crippen LogP contribution >= 0.6 is 0 Å². The number of phenolic OH excluding ortho intramolecular Hbond substituents is 1. The Balaban J connectivity index is 0.00000544. The van der Waals surface area contributed by atoms with Crippen LogP contribution in [0.1, 0.15) is 104 Å². The minimum Gasteiger partial charge on any atom is -0.507 e. The van der Waals surface area contributed by atoms with Crippen molar-refractivity contribution in [3.05, 3.63) is 167 Å². The first kappa shape index (κ1) is 42.8. The molecule has 6 aromatic carbocycles. The van der Waals surface area contributed by atoms with Gasteiger partial charge in [0.1, 0.15) is 11.6 Å². The third-order valence-corrected chi connectivity index (χ3v) is 12.0. The molecule has 0 fully saturated rings. The van der Waals surface area contributed by atoms with Gasteiger partial charge in [-0.1, -0.05) is 160 Å². The quantitative estimate of drug-likeness (QED) is 0.169. The number of nitrogens with zero attached hydrogens (tertiary/aromatic N) is 3. The van der Waals surface area contributed by atoms with Crippen molar-refractivity contribution in [3.8, 4) is 45.1 Å². The van der Waals surface area contributed by atoms with Gasteiger partial charge in [0.2, 0.25) is 0 Å². The van der Waals surface area contributed by atoms with Crippen LogP contribution in [-0.2, 0) is 42.7 Å². The van der Waals surface area contributed by atoms with Gasteiger partial charge in [0.25, 0.3) is 0 Å². The molecule has 0 aliphatic rings. The van der Waals surface area contributed by atoms with Crippen LogP contribution in [0.3, 0.4) is 0 Å². The normalized spacial score (nSPS) is 12.5. The first-order chi connectivity index (χ1) is 27.8. The fourth-order valence-corrected chi connectivity index (χ4v) is 8.11. The average Bonchev–Trinajstić information content (AvgIpc) is 3.59. The fraction of sp³-hybridized carbons (Fsp3) is 0.273. The van der Waals surface area contributed by atoms with Gasteiger partial charge in [0, 0.05) is 43.9 Å². The van der Waals surface area contributed by atoms with Crippen LogP contribution in [0.25, 0.3) is 61.3 Å². The largest absolute Gasteiger partial charge is 0.507 e. The second-order valence-corrected chi connectivity index (χ2v) is 19.8. The van der Waals surface area contributed by atoms with Gasteiger partial charge in [-0.2, -0.15) is 0 Å². The molecule has 8 aromatic rings. The Kier molecular flexibility index (Phi) is 11.1. The van der Waals surface area contributed by atoms with Crippen molar-refractivity contribution in [2.24, 2.45) is 0 Å². The fourth-order valence-electron chi connectivity index (χ4n) is 8.11. The number of fused-ring (bicyclic) bond motifs is 2. The summed E-state index contributed by atoms with van der Waals surface area (Å²) in [7, 11) is 0. The van der Waals surface area contributed by atoms with Crippen LogP contribution in [0.15, 0.2) is 134 Å². The first-order valence-electron chi connectivity index (χ1n) is 20.8. The van der Waals surface area contributed by atoms with Crippen molar-refractivity contribution in [2.45, 2.75) is 97.8 Å². The van der Waals surface area contributed by atoms with Gasteiger partial charge in [0.15, 0.2) is 0 Å². The van der Waals surface area contributed by atoms with Gasteiger partial charge in [0.05, 0.1) is 16.6 Å². The number of hydrogen-bond donors (Lipinski definition) is 1. The second-order valence-electron chi connectivity index (χ2n) is 19.8. The molecule has 0 unspecified atom stereocenters. The number of benzene rings is 6. The molecule has 5 heteroatoms. The van der Waals surface area contributed by atoms with Crippen LogP contribution in [0.5, 0.6) is 5.75 Å². The third kappa shape index (κ3) is 8.00. The van der Waals surface area contributed by atoms with Crippen LogP contribution in [0.2, 0.25) is 0 Å². The first-order valence-corrected chi connectivity index (χ1v) is 20.8. The van der Waals surface area contributed by atoms with Gasteiger partial charge in [-0.05, 0) is 85.8 Å². The van der Waals surface area contributed by atoms with E-state index in [2.05, 4.69) is 196 Å². The minimum atomic E-state index is -0.359. The Bertz CT molecular complexity index is 2850. The monoisotopic (exact) mass is 969 g/mol. The molecule has 8 rings (SSSR count). The molecule has 0 spiro atoms. The minimum absolute atomic E-state index is 0. The number of rotatable bonds is 6. The Labute approximate surface area is 371 Å². The zero-order valence-corrected chi connectivity index (χ0v) is 39.1. The molecule has 0 amide bonds. The Morgan fingerprint density at radius 2 is 1.08 bits per heavy atom. The van der Waals surface area contributed by atoms with Crippen LogP contribution < -0.4 is 0 Å². The summed E-state index contributed by atoms with van der Waals surface area (Å²) in [6, 6.07) is 49.1. The summed E-state index contributed by atoms with van der Waals surface area (Å²) in [6.45, 7) is 24.7. The summed E-state index contributed by atoms with van der Waals surface area (Å²) in [5, 5.41) is 12.8. The molecular formula is C55H56N3OPt-. The summed E-state index contributed by atoms with van der Waals surface area (Å²) in [5.74, 6) is 0.881. The van der Waals surface area contributed by atoms with Crippen molar-refractivity contribution < 1.29 is 26.2 Å². The van der Waals surface area contributed by atoms with E-state index in [9.17, 15) is 5.11 Å². The van der Waals surface area contributed by atoms with E-state index in [1.54, 1.807) is 0 Å². The number of pyridine rings is 1. The van der Waals surface area contributed by atoms with Crippen LogP contribution in [0.4, 0.5) is 0 Å². The third-order valence-electron chi connectivity index (χ3n) is 12.0. The van der Waals surface area contributed by atoms with Crippen LogP contribution in [-0.4, -0.2) is 19.6 Å². The summed E-state index contributed by atoms with van der Waals surface area (Å²) >= 11 is 0. The predicted octanol–water partition coefficient (Wildman–Crippen LogP) is 14.3. The number of imidazole rings is 1. The molecule has 0 radical (unpaired) electrons. The maximum Gasteiger partial charge on any atom is 0.148 e. The molecule has 1 N–H and O–H groups in total. The zero-order valence-electron chi connectivity index (χ0n) is 36.8. The van der Waals surface area contributed by atoms with Gasteiger partial charge >= 0.3 is 0 Å². The van der Waals surface area contributed by atoms with Crippen molar-refractivity contribution in [1.82, 2.24) is 14.5 Å². The van der Waals surface area contributed by atoms with Gasteiger partial charge in [-0.15, -0.1) is 35.4 Å². The number of phenols is 1. The van der Waals surface area contributed by atoms with E-state index in [-0.39, 0.29) is 48.5 Å². The maximum absolute atomic E-state index is 11.7. The topological polar surface area (TPSA) is 50.9 Å². The SMILES string of the molecule is CC(C)(C)c1ccc(-n2c(-c3cc(C(C)(C)C)ccc3O)nc3c(-c4[c-]c(-c5cc(C(C)(C)C)cc6cccnc56)ccc4)cc(C(C)(C)c4ccccc4)cc32)cc1.[Pt]. The molecule has 0 atom stereocenters. The molecule has 4 nitrogen and oxygen atoms in total. The second kappa shape index (κ2) is 15.6. The molecular weight excluding hydrogens is 914 g/mol. The van der Waals surface area contributed by atoms with E-state index in [4.69, 9.17) is 9.97 Å². The van der Waals surface area contributed by atoms with Crippen molar-refractivity contribution >= 4 is 21.9 Å². The summed E-state index contributed by atoms with van der Waals surface area (Å²) in [5.41, 5.74) is 13.8. The van der Waals surface area contributed by atoms with Gasteiger partial charge < -0.3 is 5.11 Å². The summed E-state index contributed by atoms with van der Waals surface area (Å²) in [6.07, 6.45) is 1.87. The number of aromatic hydroxyl groups is 1. The van der Waals surface area contributed by atoms with E-state index in [0.717, 1.165) is 61.0 Å². The van der Waals surface area contributed by atoms with E-state index in [1.165, 1.54) is 16.7 Å². The number of hydrogen-bond acceptors (Lipinski definition) is 3. The van der Waals surface area contributed by atoms with E-state index >= 15 is 0 Å². The molecule has 0 bridgehead atoms. The van der Waals surface area contributed by atoms with Gasteiger partial charge in [-0.25, -0.2) is 4.98 Å². The number of aromatic nitrogens is 3.